The van der Waals surface area contributed by atoms with Gasteiger partial charge in [-0.15, -0.1) is 0 Å². The molecule has 1 N–H and O–H groups in total. The first-order valence-electron chi connectivity index (χ1n) is 10.2. The zero-order valence-electron chi connectivity index (χ0n) is 18.2. The topological polar surface area (TPSA) is 59.9 Å². The van der Waals surface area contributed by atoms with Gasteiger partial charge in [-0.1, -0.05) is 63.2 Å². The van der Waals surface area contributed by atoms with Crippen LogP contribution in [0.25, 0.3) is 0 Å². The molecule has 0 fully saturated rings. The fraction of sp³-hybridized carbons (Fsp3) is 0.231. The molecule has 1 amide bonds. The Labute approximate surface area is 183 Å². The summed E-state index contributed by atoms with van der Waals surface area (Å²) in [5, 5.41) is 3.98. The summed E-state index contributed by atoms with van der Waals surface area (Å²) in [6.45, 7) is 6.88. The van der Waals surface area contributed by atoms with E-state index in [-0.39, 0.29) is 17.9 Å². The van der Waals surface area contributed by atoms with Crippen molar-refractivity contribution in [3.63, 3.8) is 0 Å². The zero-order chi connectivity index (χ0) is 22.1. The summed E-state index contributed by atoms with van der Waals surface area (Å²) in [5.41, 5.74) is 5.73. The highest BCUT2D eigenvalue weighted by atomic mass is 16.5. The molecule has 0 heterocycles. The van der Waals surface area contributed by atoms with E-state index in [2.05, 4.69) is 31.3 Å². The molecule has 0 saturated carbocycles. The van der Waals surface area contributed by atoms with Gasteiger partial charge in [-0.05, 0) is 58.5 Å². The Morgan fingerprint density at radius 2 is 1.48 bits per heavy atom. The third-order valence-electron chi connectivity index (χ3n) is 4.62. The highest BCUT2D eigenvalue weighted by Crippen LogP contribution is 2.24. The monoisotopic (exact) mass is 416 g/mol. The molecule has 0 aliphatic heterocycles. The van der Waals surface area contributed by atoms with E-state index in [1.165, 1.54) is 5.56 Å². The Hall–Kier alpha value is -3.60. The first-order valence-corrected chi connectivity index (χ1v) is 10.2. The normalized spacial score (nSPS) is 11.3. The van der Waals surface area contributed by atoms with E-state index in [1.807, 2.05) is 78.9 Å². The van der Waals surface area contributed by atoms with E-state index in [4.69, 9.17) is 9.47 Å². The molecule has 3 aromatic rings. The van der Waals surface area contributed by atoms with E-state index < -0.39 is 0 Å². The number of carbonyl (C=O) groups excluding carboxylic acids is 1. The van der Waals surface area contributed by atoms with Gasteiger partial charge in [0.25, 0.3) is 5.91 Å². The van der Waals surface area contributed by atoms with Crippen LogP contribution in [-0.2, 0) is 16.8 Å². The number of hydrogen-bond donors (Lipinski definition) is 1. The van der Waals surface area contributed by atoms with Crippen molar-refractivity contribution >= 4 is 12.1 Å². The lowest BCUT2D eigenvalue weighted by Gasteiger charge is -2.19. The van der Waals surface area contributed by atoms with Crippen molar-refractivity contribution < 1.29 is 14.3 Å². The van der Waals surface area contributed by atoms with Crippen LogP contribution in [-0.4, -0.2) is 18.7 Å². The smallest absolute Gasteiger partial charge is 0.277 e. The fourth-order valence-electron chi connectivity index (χ4n) is 2.80. The molecular weight excluding hydrogens is 388 g/mol. The average Bonchev–Trinajstić information content (AvgIpc) is 2.77. The maximum absolute atomic E-state index is 11.9. The van der Waals surface area contributed by atoms with Crippen LogP contribution >= 0.6 is 0 Å². The van der Waals surface area contributed by atoms with Crippen LogP contribution in [0.5, 0.6) is 11.5 Å². The van der Waals surface area contributed by atoms with Crippen molar-refractivity contribution in [1.29, 1.82) is 0 Å². The minimum Gasteiger partial charge on any atom is -0.489 e. The van der Waals surface area contributed by atoms with E-state index in [0.717, 1.165) is 16.9 Å². The molecular formula is C26H28N2O3. The van der Waals surface area contributed by atoms with Crippen LogP contribution in [0.15, 0.2) is 84.0 Å². The summed E-state index contributed by atoms with van der Waals surface area (Å²) in [7, 11) is 0. The second-order valence-electron chi connectivity index (χ2n) is 8.20. The van der Waals surface area contributed by atoms with Gasteiger partial charge in [0.15, 0.2) is 6.61 Å². The summed E-state index contributed by atoms with van der Waals surface area (Å²) in [5.74, 6) is 1.10. The Morgan fingerprint density at radius 1 is 0.871 bits per heavy atom. The van der Waals surface area contributed by atoms with Crippen LogP contribution in [0.4, 0.5) is 0 Å². The lowest BCUT2D eigenvalue weighted by Crippen LogP contribution is -2.24. The van der Waals surface area contributed by atoms with E-state index in [0.29, 0.717) is 12.4 Å². The summed E-state index contributed by atoms with van der Waals surface area (Å²) in [4.78, 5) is 11.9. The van der Waals surface area contributed by atoms with Crippen molar-refractivity contribution in [3.8, 4) is 11.5 Å². The molecule has 0 spiro atoms. The van der Waals surface area contributed by atoms with Crippen molar-refractivity contribution in [1.82, 2.24) is 5.43 Å². The second kappa shape index (κ2) is 10.4. The summed E-state index contributed by atoms with van der Waals surface area (Å²) in [6.07, 6.45) is 1.58. The first kappa shape index (κ1) is 22.1. The zero-order valence-corrected chi connectivity index (χ0v) is 18.2. The Bertz CT molecular complexity index is 990. The van der Waals surface area contributed by atoms with E-state index >= 15 is 0 Å². The van der Waals surface area contributed by atoms with E-state index in [1.54, 1.807) is 6.21 Å². The van der Waals surface area contributed by atoms with Crippen LogP contribution in [0.3, 0.4) is 0 Å². The van der Waals surface area contributed by atoms with Gasteiger partial charge < -0.3 is 9.47 Å². The molecule has 0 saturated heterocycles. The standard InChI is InChI=1S/C26H28N2O3/c1-26(2,3)22-11-15-24(16-12-22)31-19-25(29)28-27-17-20-9-13-23(14-10-20)30-18-21-7-5-4-6-8-21/h4-17H,18-19H2,1-3H3,(H,28,29)/b27-17-. The molecule has 0 aliphatic carbocycles. The number of nitrogens with one attached hydrogen (secondary N) is 1. The van der Waals surface area contributed by atoms with Gasteiger partial charge in [0.2, 0.25) is 0 Å². The maximum Gasteiger partial charge on any atom is 0.277 e. The van der Waals surface area contributed by atoms with Crippen LogP contribution in [0.2, 0.25) is 0 Å². The maximum atomic E-state index is 11.9. The molecule has 0 radical (unpaired) electrons. The van der Waals surface area contributed by atoms with Gasteiger partial charge in [0.1, 0.15) is 18.1 Å². The Balaban J connectivity index is 1.41. The summed E-state index contributed by atoms with van der Waals surface area (Å²) < 4.78 is 11.3. The molecule has 5 nitrogen and oxygen atoms in total. The van der Waals surface area contributed by atoms with Crippen LogP contribution < -0.4 is 14.9 Å². The van der Waals surface area contributed by atoms with Crippen molar-refractivity contribution in [2.45, 2.75) is 32.8 Å². The molecule has 0 aliphatic rings. The molecule has 3 rings (SSSR count). The number of hydrogen-bond acceptors (Lipinski definition) is 4. The highest BCUT2D eigenvalue weighted by Gasteiger charge is 2.13. The number of carbonyl (C=O) groups is 1. The SMILES string of the molecule is CC(C)(C)c1ccc(OCC(=O)N/N=C\c2ccc(OCc3ccccc3)cc2)cc1. The van der Waals surface area contributed by atoms with Crippen LogP contribution in [0, 0.1) is 0 Å². The van der Waals surface area contributed by atoms with E-state index in [9.17, 15) is 4.79 Å². The van der Waals surface area contributed by atoms with Gasteiger partial charge >= 0.3 is 0 Å². The Kier molecular flexibility index (Phi) is 7.44. The van der Waals surface area contributed by atoms with Gasteiger partial charge in [0, 0.05) is 0 Å². The molecule has 31 heavy (non-hydrogen) atoms. The van der Waals surface area contributed by atoms with Gasteiger partial charge in [0.05, 0.1) is 6.21 Å². The average molecular weight is 417 g/mol. The molecule has 3 aromatic carbocycles. The number of hydrazone groups is 1. The molecule has 0 atom stereocenters. The van der Waals surface area contributed by atoms with Crippen molar-refractivity contribution in [3.05, 3.63) is 95.6 Å². The molecule has 0 unspecified atom stereocenters. The molecule has 160 valence electrons. The number of nitrogens with zero attached hydrogens (tertiary/aromatic N) is 1. The molecule has 0 aromatic heterocycles. The molecule has 5 heteroatoms. The quantitative estimate of drug-likeness (QED) is 0.411. The third kappa shape index (κ3) is 7.30. The summed E-state index contributed by atoms with van der Waals surface area (Å²) in [6, 6.07) is 25.3. The number of amides is 1. The number of ether oxygens (including phenoxy) is 2. The van der Waals surface area contributed by atoms with Gasteiger partial charge in [-0.2, -0.15) is 5.10 Å². The minimum absolute atomic E-state index is 0.0802. The fourth-order valence-corrected chi connectivity index (χ4v) is 2.80. The molecule has 0 bridgehead atoms. The van der Waals surface area contributed by atoms with Gasteiger partial charge in [-0.3, -0.25) is 4.79 Å². The number of benzene rings is 3. The Morgan fingerprint density at radius 3 is 2.13 bits per heavy atom. The lowest BCUT2D eigenvalue weighted by molar-refractivity contribution is -0.123. The minimum atomic E-state index is -0.320. The lowest BCUT2D eigenvalue weighted by atomic mass is 9.87. The van der Waals surface area contributed by atoms with Crippen LogP contribution in [0.1, 0.15) is 37.5 Å². The number of rotatable bonds is 8. The van der Waals surface area contributed by atoms with Gasteiger partial charge in [-0.25, -0.2) is 5.43 Å². The summed E-state index contributed by atoms with van der Waals surface area (Å²) >= 11 is 0. The first-order chi connectivity index (χ1) is 14.9. The van der Waals surface area contributed by atoms with Crippen molar-refractivity contribution in [2.24, 2.45) is 5.10 Å². The third-order valence-corrected chi connectivity index (χ3v) is 4.62. The highest BCUT2D eigenvalue weighted by molar-refractivity contribution is 5.83. The predicted molar refractivity (Wildman–Crippen MR) is 124 cm³/mol. The largest absolute Gasteiger partial charge is 0.489 e. The van der Waals surface area contributed by atoms with Crippen molar-refractivity contribution in [2.75, 3.05) is 6.61 Å². The predicted octanol–water partition coefficient (Wildman–Crippen LogP) is 5.09. The second-order valence-corrected chi connectivity index (χ2v) is 8.20.